The predicted octanol–water partition coefficient (Wildman–Crippen LogP) is 4.50. The van der Waals surface area contributed by atoms with Crippen LogP contribution in [0.25, 0.3) is 0 Å². The normalized spacial score (nSPS) is 11.7. The maximum atomic E-state index is 12.9. The lowest BCUT2D eigenvalue weighted by molar-refractivity contribution is 0.577. The first-order valence-corrected chi connectivity index (χ1v) is 10.2. The van der Waals surface area contributed by atoms with Crippen LogP contribution in [0, 0.1) is 27.7 Å². The van der Waals surface area contributed by atoms with Gasteiger partial charge in [-0.15, -0.1) is 0 Å². The molecule has 1 aromatic heterocycles. The van der Waals surface area contributed by atoms with Crippen molar-refractivity contribution in [3.05, 3.63) is 71.0 Å². The Morgan fingerprint density at radius 3 is 1.92 bits per heavy atom. The number of benzene rings is 2. The fourth-order valence-electron chi connectivity index (χ4n) is 2.52. The van der Waals surface area contributed by atoms with Crippen LogP contribution in [0.15, 0.2) is 63.2 Å². The van der Waals surface area contributed by atoms with Gasteiger partial charge in [0.25, 0.3) is 10.0 Å². The van der Waals surface area contributed by atoms with E-state index in [1.165, 1.54) is 17.3 Å². The van der Waals surface area contributed by atoms with Crippen molar-refractivity contribution in [1.29, 1.82) is 0 Å². The maximum absolute atomic E-state index is 12.9. The van der Waals surface area contributed by atoms with Crippen LogP contribution in [0.4, 0.5) is 0 Å². The number of aromatic nitrogens is 2. The van der Waals surface area contributed by atoms with E-state index in [-0.39, 0.29) is 4.90 Å². The Kier molecular flexibility index (Phi) is 4.75. The molecule has 0 aliphatic carbocycles. The molecule has 0 fully saturated rings. The maximum Gasteiger partial charge on any atom is 0.283 e. The van der Waals surface area contributed by atoms with Crippen molar-refractivity contribution in [2.24, 2.45) is 0 Å². The Morgan fingerprint density at radius 1 is 0.840 bits per heavy atom. The van der Waals surface area contributed by atoms with Gasteiger partial charge in [0.15, 0.2) is 0 Å². The van der Waals surface area contributed by atoms with E-state index >= 15 is 0 Å². The Balaban J connectivity index is 2.01. The fourth-order valence-corrected chi connectivity index (χ4v) is 4.87. The predicted molar refractivity (Wildman–Crippen MR) is 101 cm³/mol. The van der Waals surface area contributed by atoms with E-state index in [1.807, 2.05) is 45.0 Å². The van der Waals surface area contributed by atoms with Crippen LogP contribution < -0.4 is 0 Å². The van der Waals surface area contributed by atoms with Gasteiger partial charge in [-0.05, 0) is 52.0 Å². The summed E-state index contributed by atoms with van der Waals surface area (Å²) in [5.74, 6) is 0. The Bertz CT molecular complexity index is 1000. The Morgan fingerprint density at radius 2 is 1.36 bits per heavy atom. The van der Waals surface area contributed by atoms with Gasteiger partial charge >= 0.3 is 0 Å². The van der Waals surface area contributed by atoms with Crippen LogP contribution in [-0.4, -0.2) is 17.6 Å². The smallest absolute Gasteiger partial charge is 0.199 e. The molecule has 3 rings (SSSR count). The Labute approximate surface area is 152 Å². The summed E-state index contributed by atoms with van der Waals surface area (Å²) in [4.78, 5) is 2.18. The summed E-state index contributed by atoms with van der Waals surface area (Å²) < 4.78 is 27.0. The molecule has 0 spiro atoms. The molecule has 0 aliphatic rings. The standard InChI is InChI=1S/C19H20N2O2S2/c1-13-5-9-17(10-6-13)24-19-15(3)20-21(16(19)4)25(22,23)18-11-7-14(2)8-12-18/h5-12H,1-4H3. The number of rotatable bonds is 4. The second kappa shape index (κ2) is 6.69. The quantitative estimate of drug-likeness (QED) is 0.676. The topological polar surface area (TPSA) is 52.0 Å². The molecule has 2 aromatic carbocycles. The summed E-state index contributed by atoms with van der Waals surface area (Å²) in [6, 6.07) is 15.0. The molecule has 0 saturated carbocycles. The number of nitrogens with zero attached hydrogens (tertiary/aromatic N) is 2. The highest BCUT2D eigenvalue weighted by atomic mass is 32.2. The molecule has 0 bridgehead atoms. The molecule has 0 radical (unpaired) electrons. The van der Waals surface area contributed by atoms with Gasteiger partial charge in [-0.1, -0.05) is 47.2 Å². The second-order valence-corrected chi connectivity index (χ2v) is 8.93. The third-order valence-corrected chi connectivity index (χ3v) is 6.95. The van der Waals surface area contributed by atoms with Crippen LogP contribution in [0.1, 0.15) is 22.5 Å². The number of hydrogen-bond acceptors (Lipinski definition) is 4. The first-order chi connectivity index (χ1) is 11.8. The minimum Gasteiger partial charge on any atom is -0.199 e. The monoisotopic (exact) mass is 372 g/mol. The van der Waals surface area contributed by atoms with Crippen molar-refractivity contribution in [2.45, 2.75) is 42.4 Å². The van der Waals surface area contributed by atoms with E-state index in [9.17, 15) is 8.42 Å². The van der Waals surface area contributed by atoms with Gasteiger partial charge in [0.05, 0.1) is 21.2 Å². The molecular formula is C19H20N2O2S2. The van der Waals surface area contributed by atoms with E-state index in [2.05, 4.69) is 5.10 Å². The molecule has 6 heteroatoms. The minimum atomic E-state index is -3.69. The molecule has 0 N–H and O–H groups in total. The molecule has 0 amide bonds. The van der Waals surface area contributed by atoms with Gasteiger partial charge < -0.3 is 0 Å². The zero-order valence-corrected chi connectivity index (χ0v) is 16.3. The zero-order chi connectivity index (χ0) is 18.2. The molecule has 130 valence electrons. The highest BCUT2D eigenvalue weighted by molar-refractivity contribution is 7.99. The van der Waals surface area contributed by atoms with E-state index in [4.69, 9.17) is 0 Å². The molecule has 25 heavy (non-hydrogen) atoms. The average molecular weight is 373 g/mol. The van der Waals surface area contributed by atoms with E-state index < -0.39 is 10.0 Å². The van der Waals surface area contributed by atoms with Crippen LogP contribution in [0.5, 0.6) is 0 Å². The van der Waals surface area contributed by atoms with Gasteiger partial charge in [-0.3, -0.25) is 0 Å². The summed E-state index contributed by atoms with van der Waals surface area (Å²) in [7, 11) is -3.69. The van der Waals surface area contributed by atoms with Crippen molar-refractivity contribution in [3.8, 4) is 0 Å². The summed E-state index contributed by atoms with van der Waals surface area (Å²) in [5.41, 5.74) is 3.54. The zero-order valence-electron chi connectivity index (χ0n) is 14.6. The van der Waals surface area contributed by atoms with Crippen LogP contribution in [0.2, 0.25) is 0 Å². The Hall–Kier alpha value is -2.05. The third kappa shape index (κ3) is 3.50. The molecule has 0 unspecified atom stereocenters. The highest BCUT2D eigenvalue weighted by Crippen LogP contribution is 2.34. The van der Waals surface area contributed by atoms with Crippen molar-refractivity contribution >= 4 is 21.8 Å². The van der Waals surface area contributed by atoms with Crippen molar-refractivity contribution in [2.75, 3.05) is 0 Å². The first-order valence-electron chi connectivity index (χ1n) is 7.92. The molecule has 4 nitrogen and oxygen atoms in total. The van der Waals surface area contributed by atoms with E-state index in [0.29, 0.717) is 11.4 Å². The van der Waals surface area contributed by atoms with Crippen molar-refractivity contribution in [1.82, 2.24) is 9.19 Å². The lowest BCUT2D eigenvalue weighted by Gasteiger charge is -2.07. The van der Waals surface area contributed by atoms with Crippen LogP contribution >= 0.6 is 11.8 Å². The van der Waals surface area contributed by atoms with E-state index in [1.54, 1.807) is 31.2 Å². The summed E-state index contributed by atoms with van der Waals surface area (Å²) >= 11 is 1.54. The van der Waals surface area contributed by atoms with Crippen LogP contribution in [-0.2, 0) is 10.0 Å². The average Bonchev–Trinajstić information content (AvgIpc) is 2.86. The fraction of sp³-hybridized carbons (Fsp3) is 0.211. The van der Waals surface area contributed by atoms with Gasteiger partial charge in [0.2, 0.25) is 0 Å². The van der Waals surface area contributed by atoms with Crippen LogP contribution in [0.3, 0.4) is 0 Å². The van der Waals surface area contributed by atoms with Gasteiger partial charge in [-0.25, -0.2) is 0 Å². The van der Waals surface area contributed by atoms with Gasteiger partial charge in [0.1, 0.15) is 0 Å². The van der Waals surface area contributed by atoms with E-state index in [0.717, 1.165) is 19.4 Å². The molecule has 0 atom stereocenters. The minimum absolute atomic E-state index is 0.246. The first kappa shape index (κ1) is 17.8. The third-order valence-electron chi connectivity index (χ3n) is 3.97. The second-order valence-electron chi connectivity index (χ2n) is 6.08. The highest BCUT2D eigenvalue weighted by Gasteiger charge is 2.24. The summed E-state index contributed by atoms with van der Waals surface area (Å²) in [6.07, 6.45) is 0. The SMILES string of the molecule is Cc1ccc(Sc2c(C)nn(S(=O)(=O)c3ccc(C)cc3)c2C)cc1. The summed E-state index contributed by atoms with van der Waals surface area (Å²) in [5, 5.41) is 4.30. The molecule has 3 aromatic rings. The van der Waals surface area contributed by atoms with Gasteiger partial charge in [-0.2, -0.15) is 17.6 Å². The number of aryl methyl sites for hydroxylation is 3. The lowest BCUT2D eigenvalue weighted by atomic mass is 10.2. The molecule has 0 aliphatic heterocycles. The number of hydrogen-bond donors (Lipinski definition) is 0. The molecular weight excluding hydrogens is 352 g/mol. The lowest BCUT2D eigenvalue weighted by Crippen LogP contribution is -2.16. The van der Waals surface area contributed by atoms with Gasteiger partial charge in [0, 0.05) is 4.90 Å². The molecule has 0 saturated heterocycles. The van der Waals surface area contributed by atoms with Crippen molar-refractivity contribution < 1.29 is 8.42 Å². The largest absolute Gasteiger partial charge is 0.283 e. The van der Waals surface area contributed by atoms with Crippen molar-refractivity contribution in [3.63, 3.8) is 0 Å². The summed E-state index contributed by atoms with van der Waals surface area (Å²) in [6.45, 7) is 7.60. The molecule has 1 heterocycles.